The number of carbonyl (C=O) groups excluding carboxylic acids is 1. The molecule has 0 aliphatic carbocycles. The molecule has 0 aliphatic rings. The molecule has 0 fully saturated rings. The maximum absolute atomic E-state index is 11.5. The Hall–Kier alpha value is -1.64. The number of aromatic hydroxyl groups is 1. The van der Waals surface area contributed by atoms with Crippen molar-refractivity contribution in [1.29, 1.82) is 0 Å². The maximum atomic E-state index is 11.5. The summed E-state index contributed by atoms with van der Waals surface area (Å²) in [6, 6.07) is 2.62. The van der Waals surface area contributed by atoms with Crippen LogP contribution in [0.4, 0.5) is 0 Å². The number of hydrogen-bond acceptors (Lipinski definition) is 6. The molecule has 1 atom stereocenters. The molecule has 0 heterocycles. The fourth-order valence-electron chi connectivity index (χ4n) is 1.11. The molecule has 0 amide bonds. The Morgan fingerprint density at radius 2 is 2.06 bits per heavy atom. The van der Waals surface area contributed by atoms with Crippen molar-refractivity contribution >= 4 is 16.1 Å². The smallest absolute Gasteiger partial charge is 0.344 e. The van der Waals surface area contributed by atoms with E-state index in [9.17, 15) is 18.3 Å². The largest absolute Gasteiger partial charge is 0.507 e. The highest BCUT2D eigenvalue weighted by molar-refractivity contribution is 7.85. The average Bonchev–Trinajstić information content (AvgIpc) is 2.27. The highest BCUT2D eigenvalue weighted by Crippen LogP contribution is 2.22. The summed E-state index contributed by atoms with van der Waals surface area (Å²) in [6.45, 7) is 1.56. The van der Waals surface area contributed by atoms with E-state index < -0.39 is 38.6 Å². The van der Waals surface area contributed by atoms with Gasteiger partial charge in [0.05, 0.1) is 4.90 Å². The van der Waals surface area contributed by atoms with Crippen molar-refractivity contribution in [3.05, 3.63) is 23.8 Å². The number of phenolic OH excluding ortho intramolecular Hbond substituents is 1. The van der Waals surface area contributed by atoms with E-state index in [0.29, 0.717) is 0 Å². The molecule has 0 saturated carbocycles. The molecule has 8 heteroatoms. The highest BCUT2D eigenvalue weighted by atomic mass is 32.2. The third-order valence-electron chi connectivity index (χ3n) is 2.08. The van der Waals surface area contributed by atoms with Gasteiger partial charge >= 0.3 is 5.97 Å². The van der Waals surface area contributed by atoms with Crippen LogP contribution in [0.25, 0.3) is 0 Å². The molecular formula is C10H12O7S. The van der Waals surface area contributed by atoms with Crippen LogP contribution in [0.5, 0.6) is 5.75 Å². The number of benzene rings is 1. The van der Waals surface area contributed by atoms with Gasteiger partial charge in [0.15, 0.2) is 0 Å². The van der Waals surface area contributed by atoms with E-state index in [1.165, 1.54) is 0 Å². The first-order valence-corrected chi connectivity index (χ1v) is 6.39. The number of ether oxygens (including phenoxy) is 1. The maximum Gasteiger partial charge on any atom is 0.344 e. The van der Waals surface area contributed by atoms with Crippen LogP contribution in [0, 0.1) is 0 Å². The van der Waals surface area contributed by atoms with Gasteiger partial charge in [-0.05, 0) is 18.2 Å². The van der Waals surface area contributed by atoms with Crippen LogP contribution in [0.15, 0.2) is 23.1 Å². The lowest BCUT2D eigenvalue weighted by molar-refractivity contribution is -0.0658. The van der Waals surface area contributed by atoms with Gasteiger partial charge in [-0.25, -0.2) is 4.79 Å². The Labute approximate surface area is 103 Å². The lowest BCUT2D eigenvalue weighted by atomic mass is 10.2. The van der Waals surface area contributed by atoms with Gasteiger partial charge in [-0.1, -0.05) is 6.92 Å². The number of carbonyl (C=O) groups is 1. The molecule has 0 aliphatic heterocycles. The van der Waals surface area contributed by atoms with Crippen molar-refractivity contribution in [3.8, 4) is 5.75 Å². The van der Waals surface area contributed by atoms with Crippen molar-refractivity contribution in [2.24, 2.45) is 0 Å². The van der Waals surface area contributed by atoms with Gasteiger partial charge in [0.25, 0.3) is 10.1 Å². The van der Waals surface area contributed by atoms with Gasteiger partial charge < -0.3 is 14.9 Å². The topological polar surface area (TPSA) is 121 Å². The van der Waals surface area contributed by atoms with Gasteiger partial charge in [0.2, 0.25) is 6.29 Å². The van der Waals surface area contributed by atoms with Gasteiger partial charge in [0, 0.05) is 6.42 Å². The van der Waals surface area contributed by atoms with Gasteiger partial charge in [-0.2, -0.15) is 8.42 Å². The molecular weight excluding hydrogens is 264 g/mol. The van der Waals surface area contributed by atoms with E-state index in [-0.39, 0.29) is 6.42 Å². The lowest BCUT2D eigenvalue weighted by Gasteiger charge is -2.11. The van der Waals surface area contributed by atoms with E-state index >= 15 is 0 Å². The summed E-state index contributed by atoms with van der Waals surface area (Å²) in [5.41, 5.74) is -0.461. The van der Waals surface area contributed by atoms with Crippen molar-refractivity contribution < 1.29 is 32.7 Å². The summed E-state index contributed by atoms with van der Waals surface area (Å²) in [6.07, 6.45) is -1.21. The van der Waals surface area contributed by atoms with Crippen LogP contribution < -0.4 is 0 Å². The van der Waals surface area contributed by atoms with Crippen molar-refractivity contribution in [3.63, 3.8) is 0 Å². The first-order valence-electron chi connectivity index (χ1n) is 4.95. The minimum atomic E-state index is -4.49. The van der Waals surface area contributed by atoms with Crippen molar-refractivity contribution in [1.82, 2.24) is 0 Å². The molecule has 0 spiro atoms. The van der Waals surface area contributed by atoms with E-state index in [0.717, 1.165) is 18.2 Å². The van der Waals surface area contributed by atoms with E-state index in [1.54, 1.807) is 6.92 Å². The standard InChI is InChI=1S/C10H12O7S/c1-2-9(12)17-10(13)7-5-6(18(14,15)16)3-4-8(7)11/h3-5,9,11-12H,2H2,1H3,(H,14,15,16). The Balaban J connectivity index is 3.12. The van der Waals surface area contributed by atoms with Crippen molar-refractivity contribution in [2.45, 2.75) is 24.5 Å². The second kappa shape index (κ2) is 5.34. The molecule has 0 bridgehead atoms. The van der Waals surface area contributed by atoms with E-state index in [1.807, 2.05) is 0 Å². The van der Waals surface area contributed by atoms with Crippen LogP contribution in [0.2, 0.25) is 0 Å². The fourth-order valence-corrected chi connectivity index (χ4v) is 1.62. The fraction of sp³-hybridized carbons (Fsp3) is 0.300. The molecule has 1 unspecified atom stereocenters. The zero-order valence-corrected chi connectivity index (χ0v) is 10.2. The van der Waals surface area contributed by atoms with Gasteiger partial charge in [0.1, 0.15) is 11.3 Å². The summed E-state index contributed by atoms with van der Waals surface area (Å²) in [4.78, 5) is 10.9. The predicted octanol–water partition coefficient (Wildman–Crippen LogP) is 0.524. The number of rotatable bonds is 4. The molecule has 1 rings (SSSR count). The Bertz CT molecular complexity index is 549. The number of esters is 1. The quantitative estimate of drug-likeness (QED) is 0.416. The molecule has 1 aromatic carbocycles. The SMILES string of the molecule is CCC(O)OC(=O)c1cc(S(=O)(=O)O)ccc1O. The molecule has 0 aromatic heterocycles. The molecule has 7 nitrogen and oxygen atoms in total. The number of aliphatic hydroxyl groups is 1. The monoisotopic (exact) mass is 276 g/mol. The number of hydrogen-bond donors (Lipinski definition) is 3. The first-order chi connectivity index (χ1) is 8.25. The lowest BCUT2D eigenvalue weighted by Crippen LogP contribution is -2.17. The van der Waals surface area contributed by atoms with Crippen molar-refractivity contribution in [2.75, 3.05) is 0 Å². The predicted molar refractivity (Wildman–Crippen MR) is 59.6 cm³/mol. The zero-order valence-electron chi connectivity index (χ0n) is 9.40. The zero-order chi connectivity index (χ0) is 13.9. The Morgan fingerprint density at radius 3 is 2.56 bits per heavy atom. The van der Waals surface area contributed by atoms with Gasteiger partial charge in [-0.3, -0.25) is 4.55 Å². The van der Waals surface area contributed by atoms with E-state index in [2.05, 4.69) is 4.74 Å². The summed E-state index contributed by atoms with van der Waals surface area (Å²) >= 11 is 0. The second-order valence-electron chi connectivity index (χ2n) is 3.42. The van der Waals surface area contributed by atoms with Crippen LogP contribution in [-0.4, -0.2) is 35.4 Å². The van der Waals surface area contributed by atoms with Crippen LogP contribution in [0.1, 0.15) is 23.7 Å². The second-order valence-corrected chi connectivity index (χ2v) is 4.84. The number of phenols is 1. The third-order valence-corrected chi connectivity index (χ3v) is 2.93. The molecule has 0 radical (unpaired) electrons. The van der Waals surface area contributed by atoms with Crippen LogP contribution in [0.3, 0.4) is 0 Å². The average molecular weight is 276 g/mol. The highest BCUT2D eigenvalue weighted by Gasteiger charge is 2.19. The molecule has 18 heavy (non-hydrogen) atoms. The Kier molecular flexibility index (Phi) is 4.28. The number of aliphatic hydroxyl groups excluding tert-OH is 1. The molecule has 100 valence electrons. The summed E-state index contributed by atoms with van der Waals surface area (Å²) in [5, 5.41) is 18.5. The van der Waals surface area contributed by atoms with E-state index in [4.69, 9.17) is 9.66 Å². The van der Waals surface area contributed by atoms with Crippen LogP contribution >= 0.6 is 0 Å². The normalized spacial score (nSPS) is 13.1. The Morgan fingerprint density at radius 1 is 1.44 bits per heavy atom. The van der Waals surface area contributed by atoms with Gasteiger partial charge in [-0.15, -0.1) is 0 Å². The third kappa shape index (κ3) is 3.42. The first kappa shape index (κ1) is 14.4. The summed E-state index contributed by atoms with van der Waals surface area (Å²) in [5.74, 6) is -1.61. The molecule has 1 aromatic rings. The minimum absolute atomic E-state index is 0.143. The summed E-state index contributed by atoms with van der Waals surface area (Å²) < 4.78 is 35.1. The summed E-state index contributed by atoms with van der Waals surface area (Å²) in [7, 11) is -4.49. The minimum Gasteiger partial charge on any atom is -0.507 e. The van der Waals surface area contributed by atoms with Crippen LogP contribution in [-0.2, 0) is 14.9 Å². The molecule has 0 saturated heterocycles. The molecule has 3 N–H and O–H groups in total.